The number of nitrogens with zero attached hydrogens (tertiary/aromatic N) is 1. The van der Waals surface area contributed by atoms with Gasteiger partial charge in [-0.25, -0.2) is 0 Å². The van der Waals surface area contributed by atoms with E-state index in [9.17, 15) is 19.7 Å². The molecule has 0 aromatic rings. The van der Waals surface area contributed by atoms with E-state index in [2.05, 4.69) is 19.9 Å². The van der Waals surface area contributed by atoms with Crippen LogP contribution in [0.2, 0.25) is 0 Å². The molecule has 8 atom stereocenters. The molecule has 4 aliphatic carbocycles. The first-order valence-corrected chi connectivity index (χ1v) is 12.2. The molecule has 0 bridgehead atoms. The van der Waals surface area contributed by atoms with Crippen molar-refractivity contribution < 1.29 is 24.0 Å². The number of hydrogen-bond acceptors (Lipinski definition) is 6. The van der Waals surface area contributed by atoms with Crippen LogP contribution < -0.4 is 0 Å². The lowest BCUT2D eigenvalue weighted by atomic mass is 9.47. The van der Waals surface area contributed by atoms with Crippen LogP contribution >= 0.6 is 0 Å². The summed E-state index contributed by atoms with van der Waals surface area (Å²) in [7, 11) is 0. The molecule has 0 heterocycles. The van der Waals surface area contributed by atoms with Gasteiger partial charge in [0.05, 0.1) is 0 Å². The number of carbonyl (C=O) groups is 2. The second-order valence-corrected chi connectivity index (χ2v) is 11.1. The first kappa shape index (κ1) is 23.2. The monoisotopic (exact) mass is 447 g/mol. The molecule has 4 rings (SSSR count). The molecule has 32 heavy (non-hydrogen) atoms. The molecule has 0 aromatic carbocycles. The smallest absolute Gasteiger partial charge is 0.302 e. The van der Waals surface area contributed by atoms with Crippen molar-refractivity contribution >= 4 is 11.9 Å². The quantitative estimate of drug-likeness (QED) is 0.262. The highest BCUT2D eigenvalue weighted by Gasteiger charge is 2.61. The molecule has 3 saturated carbocycles. The molecule has 0 amide bonds. The van der Waals surface area contributed by atoms with Gasteiger partial charge in [-0.05, 0) is 73.5 Å². The van der Waals surface area contributed by atoms with E-state index in [1.54, 1.807) is 0 Å². The summed E-state index contributed by atoms with van der Waals surface area (Å²) in [5.74, 6) is 0.876. The van der Waals surface area contributed by atoms with Crippen LogP contribution in [0.15, 0.2) is 11.6 Å². The number of ether oxygens (including phenoxy) is 2. The number of rotatable bonds is 5. The molecule has 0 saturated heterocycles. The molecule has 0 radical (unpaired) electrons. The zero-order chi connectivity index (χ0) is 23.3. The molecule has 178 valence electrons. The summed E-state index contributed by atoms with van der Waals surface area (Å²) in [6.07, 6.45) is 10.1. The Kier molecular flexibility index (Phi) is 6.14. The Bertz CT molecular complexity index is 823. The van der Waals surface area contributed by atoms with Crippen molar-refractivity contribution in [3.63, 3.8) is 0 Å². The van der Waals surface area contributed by atoms with E-state index >= 15 is 0 Å². The molecule has 7 heteroatoms. The number of esters is 2. The van der Waals surface area contributed by atoms with Crippen molar-refractivity contribution in [3.8, 4) is 0 Å². The Morgan fingerprint density at radius 2 is 1.88 bits per heavy atom. The number of allylic oxidation sites excluding steroid dienone is 1. The molecular weight excluding hydrogens is 410 g/mol. The Hall–Kier alpha value is -1.92. The fourth-order valence-electron chi connectivity index (χ4n) is 8.16. The van der Waals surface area contributed by atoms with Crippen LogP contribution in [-0.4, -0.2) is 35.6 Å². The van der Waals surface area contributed by atoms with Gasteiger partial charge in [0, 0.05) is 31.1 Å². The van der Waals surface area contributed by atoms with Gasteiger partial charge in [-0.3, -0.25) is 19.7 Å². The van der Waals surface area contributed by atoms with E-state index in [4.69, 9.17) is 9.47 Å². The SMILES string of the molecule is CC(=O)OCC([C@H]1CC[C@H]2[C@@H]3CC=C4C[C@@H](OC(C)=O)CC[C@]4(C)[C@H]3CC[C@]12C)[N+](=O)[O-]. The maximum Gasteiger partial charge on any atom is 0.302 e. The van der Waals surface area contributed by atoms with Crippen molar-refractivity contribution in [2.75, 3.05) is 6.61 Å². The Morgan fingerprint density at radius 3 is 2.53 bits per heavy atom. The van der Waals surface area contributed by atoms with Gasteiger partial charge in [0.15, 0.2) is 6.61 Å². The van der Waals surface area contributed by atoms with Gasteiger partial charge in [-0.1, -0.05) is 25.5 Å². The highest BCUT2D eigenvalue weighted by molar-refractivity contribution is 5.66. The summed E-state index contributed by atoms with van der Waals surface area (Å²) in [4.78, 5) is 34.4. The molecule has 3 fully saturated rings. The highest BCUT2D eigenvalue weighted by Crippen LogP contribution is 2.66. The Balaban J connectivity index is 1.54. The summed E-state index contributed by atoms with van der Waals surface area (Å²) >= 11 is 0. The van der Waals surface area contributed by atoms with Gasteiger partial charge in [0.1, 0.15) is 6.10 Å². The predicted octanol–water partition coefficient (Wildman–Crippen LogP) is 4.71. The lowest BCUT2D eigenvalue weighted by Gasteiger charge is -2.58. The van der Waals surface area contributed by atoms with Gasteiger partial charge < -0.3 is 9.47 Å². The minimum Gasteiger partial charge on any atom is -0.462 e. The van der Waals surface area contributed by atoms with Crippen LogP contribution in [0, 0.1) is 44.6 Å². The van der Waals surface area contributed by atoms with Crippen LogP contribution in [0.1, 0.15) is 79.1 Å². The number of carbonyl (C=O) groups excluding carboxylic acids is 2. The molecule has 4 aliphatic rings. The normalized spacial score (nSPS) is 41.4. The van der Waals surface area contributed by atoms with E-state index in [-0.39, 0.29) is 40.4 Å². The molecule has 0 spiro atoms. The third kappa shape index (κ3) is 3.86. The van der Waals surface area contributed by atoms with Gasteiger partial charge in [0.2, 0.25) is 6.04 Å². The van der Waals surface area contributed by atoms with Gasteiger partial charge in [-0.15, -0.1) is 0 Å². The molecular formula is C25H37NO6. The lowest BCUT2D eigenvalue weighted by molar-refractivity contribution is -0.539. The first-order valence-electron chi connectivity index (χ1n) is 12.2. The van der Waals surface area contributed by atoms with Crippen molar-refractivity contribution in [3.05, 3.63) is 21.8 Å². The largest absolute Gasteiger partial charge is 0.462 e. The predicted molar refractivity (Wildman–Crippen MR) is 118 cm³/mol. The van der Waals surface area contributed by atoms with Gasteiger partial charge >= 0.3 is 11.9 Å². The van der Waals surface area contributed by atoms with E-state index in [0.717, 1.165) is 51.4 Å². The highest BCUT2D eigenvalue weighted by atomic mass is 16.6. The molecule has 0 N–H and O–H groups in total. The van der Waals surface area contributed by atoms with Crippen LogP contribution in [0.3, 0.4) is 0 Å². The zero-order valence-electron chi connectivity index (χ0n) is 19.8. The Labute approximate surface area is 190 Å². The third-order valence-corrected chi connectivity index (χ3v) is 9.66. The molecule has 7 nitrogen and oxygen atoms in total. The zero-order valence-corrected chi connectivity index (χ0v) is 19.8. The topological polar surface area (TPSA) is 95.7 Å². The third-order valence-electron chi connectivity index (χ3n) is 9.66. The summed E-state index contributed by atoms with van der Waals surface area (Å²) in [6, 6.07) is -0.824. The van der Waals surface area contributed by atoms with Crippen molar-refractivity contribution in [1.29, 1.82) is 0 Å². The standard InChI is InChI=1S/C25H37NO6/c1-15(27)31-14-23(26(29)30)22-8-7-20-19-6-5-17-13-18(32-16(2)28)9-11-24(17,3)21(19)10-12-25(20,22)4/h5,18-23H,6-14H2,1-4H3/t18-,19-,20-,21-,22+,23?,24-,25-/m0/s1. The van der Waals surface area contributed by atoms with E-state index in [1.807, 2.05) is 0 Å². The fourth-order valence-corrected chi connectivity index (χ4v) is 8.16. The first-order chi connectivity index (χ1) is 15.1. The minimum atomic E-state index is -0.824. The van der Waals surface area contributed by atoms with Crippen molar-refractivity contribution in [2.45, 2.75) is 91.2 Å². The molecule has 1 unspecified atom stereocenters. The summed E-state index contributed by atoms with van der Waals surface area (Å²) < 4.78 is 10.6. The second-order valence-electron chi connectivity index (χ2n) is 11.1. The van der Waals surface area contributed by atoms with Crippen LogP contribution in [0.5, 0.6) is 0 Å². The maximum atomic E-state index is 11.9. The van der Waals surface area contributed by atoms with Crippen molar-refractivity contribution in [2.24, 2.45) is 34.5 Å². The van der Waals surface area contributed by atoms with E-state index < -0.39 is 12.0 Å². The summed E-state index contributed by atoms with van der Waals surface area (Å²) in [5, 5.41) is 11.9. The van der Waals surface area contributed by atoms with E-state index in [0.29, 0.717) is 17.8 Å². The second kappa shape index (κ2) is 8.45. The Morgan fingerprint density at radius 1 is 1.12 bits per heavy atom. The molecule has 0 aliphatic heterocycles. The average molecular weight is 448 g/mol. The van der Waals surface area contributed by atoms with Crippen LogP contribution in [0.25, 0.3) is 0 Å². The fraction of sp³-hybridized carbons (Fsp3) is 0.840. The van der Waals surface area contributed by atoms with Crippen LogP contribution in [-0.2, 0) is 19.1 Å². The number of nitro groups is 1. The summed E-state index contributed by atoms with van der Waals surface area (Å²) in [5.41, 5.74) is 1.50. The summed E-state index contributed by atoms with van der Waals surface area (Å²) in [6.45, 7) is 7.33. The van der Waals surface area contributed by atoms with Crippen molar-refractivity contribution in [1.82, 2.24) is 0 Å². The maximum absolute atomic E-state index is 11.9. The van der Waals surface area contributed by atoms with E-state index in [1.165, 1.54) is 19.4 Å². The number of fused-ring (bicyclic) bond motifs is 5. The minimum absolute atomic E-state index is 0.00443. The lowest BCUT2D eigenvalue weighted by Crippen LogP contribution is -2.52. The molecule has 0 aromatic heterocycles. The van der Waals surface area contributed by atoms with Crippen LogP contribution in [0.4, 0.5) is 0 Å². The van der Waals surface area contributed by atoms with Gasteiger partial charge in [0.25, 0.3) is 0 Å². The average Bonchev–Trinajstić information content (AvgIpc) is 3.05. The van der Waals surface area contributed by atoms with Gasteiger partial charge in [-0.2, -0.15) is 0 Å². The number of hydrogen-bond donors (Lipinski definition) is 0.